The van der Waals surface area contributed by atoms with E-state index in [1.165, 1.54) is 0 Å². The topological polar surface area (TPSA) is 84.5 Å². The number of aryl methyl sites for hydroxylation is 1. The number of rotatable bonds is 10. The van der Waals surface area contributed by atoms with Gasteiger partial charge in [-0.3, -0.25) is 4.79 Å². The van der Waals surface area contributed by atoms with Crippen molar-refractivity contribution >= 4 is 15.9 Å². The van der Waals surface area contributed by atoms with E-state index in [4.69, 9.17) is 4.74 Å². The van der Waals surface area contributed by atoms with Crippen molar-refractivity contribution in [3.05, 3.63) is 29.8 Å². The summed E-state index contributed by atoms with van der Waals surface area (Å²) in [5.74, 6) is -0.0455. The number of methoxy groups -OCH3 is 1. The van der Waals surface area contributed by atoms with Gasteiger partial charge in [0, 0.05) is 26.1 Å². The lowest BCUT2D eigenvalue weighted by Gasteiger charge is -2.12. The van der Waals surface area contributed by atoms with E-state index < -0.39 is 10.0 Å². The Morgan fingerprint density at radius 2 is 1.91 bits per heavy atom. The lowest BCUT2D eigenvalue weighted by atomic mass is 10.1. The molecule has 1 atom stereocenters. The first-order valence-corrected chi connectivity index (χ1v) is 9.24. The molecule has 6 nitrogen and oxygen atoms in total. The fourth-order valence-electron chi connectivity index (χ4n) is 2.05. The highest BCUT2D eigenvalue weighted by molar-refractivity contribution is 7.89. The van der Waals surface area contributed by atoms with E-state index in [0.717, 1.165) is 12.0 Å². The molecule has 1 rings (SSSR count). The summed E-state index contributed by atoms with van der Waals surface area (Å²) in [4.78, 5) is 12.0. The Balaban J connectivity index is 2.53. The molecule has 0 bridgehead atoms. The van der Waals surface area contributed by atoms with Gasteiger partial charge in [-0.25, -0.2) is 13.1 Å². The Morgan fingerprint density at radius 3 is 2.48 bits per heavy atom. The van der Waals surface area contributed by atoms with Crippen LogP contribution in [0, 0.1) is 0 Å². The zero-order valence-electron chi connectivity index (χ0n) is 14.0. The number of benzene rings is 1. The van der Waals surface area contributed by atoms with Gasteiger partial charge in [0.1, 0.15) is 0 Å². The molecule has 0 saturated carbocycles. The number of amides is 1. The third-order valence-electron chi connectivity index (χ3n) is 3.24. The smallest absolute Gasteiger partial charge is 0.240 e. The van der Waals surface area contributed by atoms with Crippen LogP contribution in [0.25, 0.3) is 0 Å². The van der Waals surface area contributed by atoms with E-state index in [0.29, 0.717) is 26.0 Å². The van der Waals surface area contributed by atoms with Crippen LogP contribution in [0.5, 0.6) is 0 Å². The number of carbonyl (C=O) groups is 1. The van der Waals surface area contributed by atoms with Crippen LogP contribution < -0.4 is 10.0 Å². The zero-order chi connectivity index (χ0) is 17.3. The van der Waals surface area contributed by atoms with E-state index >= 15 is 0 Å². The molecule has 23 heavy (non-hydrogen) atoms. The van der Waals surface area contributed by atoms with Crippen LogP contribution >= 0.6 is 0 Å². The highest BCUT2D eigenvalue weighted by Gasteiger charge is 2.13. The zero-order valence-corrected chi connectivity index (χ0v) is 14.8. The first kappa shape index (κ1) is 19.6. The number of ether oxygens (including phenoxy) is 1. The molecule has 0 aromatic heterocycles. The quantitative estimate of drug-likeness (QED) is 0.674. The molecule has 0 aliphatic rings. The molecule has 0 aliphatic carbocycles. The van der Waals surface area contributed by atoms with Crippen molar-refractivity contribution < 1.29 is 17.9 Å². The standard InChI is InChI=1S/C16H26N2O4S/c1-4-11-17-23(20,21)15-8-5-14(6-9-15)7-10-16(19)18-13(2)12-22-3/h5-6,8-9,13,17H,4,7,10-12H2,1-3H3,(H,18,19)/t13-/m0/s1. The SMILES string of the molecule is CCCNS(=O)(=O)c1ccc(CCC(=O)N[C@@H](C)COC)cc1. The van der Waals surface area contributed by atoms with E-state index in [-0.39, 0.29) is 16.8 Å². The van der Waals surface area contributed by atoms with Gasteiger partial charge in [-0.2, -0.15) is 0 Å². The number of sulfonamides is 1. The first-order chi connectivity index (χ1) is 10.9. The lowest BCUT2D eigenvalue weighted by Crippen LogP contribution is -2.35. The Hall–Kier alpha value is -1.44. The van der Waals surface area contributed by atoms with Crippen molar-refractivity contribution in [2.24, 2.45) is 0 Å². The molecule has 0 aliphatic heterocycles. The monoisotopic (exact) mass is 342 g/mol. The molecular formula is C16H26N2O4S. The Kier molecular flexibility index (Phi) is 8.22. The van der Waals surface area contributed by atoms with Crippen molar-refractivity contribution in [2.45, 2.75) is 44.0 Å². The average Bonchev–Trinajstić information content (AvgIpc) is 2.51. The number of hydrogen-bond acceptors (Lipinski definition) is 4. The molecule has 0 heterocycles. The largest absolute Gasteiger partial charge is 0.383 e. The van der Waals surface area contributed by atoms with Crippen molar-refractivity contribution in [2.75, 3.05) is 20.3 Å². The van der Waals surface area contributed by atoms with Gasteiger partial charge in [-0.1, -0.05) is 19.1 Å². The highest BCUT2D eigenvalue weighted by atomic mass is 32.2. The second kappa shape index (κ2) is 9.64. The van der Waals surface area contributed by atoms with Crippen molar-refractivity contribution in [3.63, 3.8) is 0 Å². The Labute approximate surface area is 138 Å². The molecule has 1 aromatic rings. The molecule has 0 radical (unpaired) electrons. The van der Waals surface area contributed by atoms with Crippen LogP contribution in [0.2, 0.25) is 0 Å². The summed E-state index contributed by atoms with van der Waals surface area (Å²) in [6.45, 7) is 4.68. The van der Waals surface area contributed by atoms with Crippen molar-refractivity contribution in [3.8, 4) is 0 Å². The Bertz CT molecular complexity index is 585. The van der Waals surface area contributed by atoms with Crippen LogP contribution in [0.4, 0.5) is 0 Å². The number of carbonyl (C=O) groups excluding carboxylic acids is 1. The maximum absolute atomic E-state index is 12.0. The summed E-state index contributed by atoms with van der Waals surface area (Å²) in [5, 5.41) is 2.84. The lowest BCUT2D eigenvalue weighted by molar-refractivity contribution is -0.122. The normalized spacial score (nSPS) is 12.8. The number of hydrogen-bond donors (Lipinski definition) is 2. The van der Waals surface area contributed by atoms with E-state index in [2.05, 4.69) is 10.0 Å². The van der Waals surface area contributed by atoms with Gasteiger partial charge in [0.2, 0.25) is 15.9 Å². The van der Waals surface area contributed by atoms with E-state index in [1.54, 1.807) is 31.4 Å². The van der Waals surface area contributed by atoms with Crippen molar-refractivity contribution in [1.29, 1.82) is 0 Å². The van der Waals surface area contributed by atoms with Gasteiger partial charge < -0.3 is 10.1 Å². The summed E-state index contributed by atoms with van der Waals surface area (Å²) in [7, 11) is -1.84. The predicted molar refractivity (Wildman–Crippen MR) is 89.7 cm³/mol. The summed E-state index contributed by atoms with van der Waals surface area (Å²) in [5.41, 5.74) is 0.925. The first-order valence-electron chi connectivity index (χ1n) is 7.76. The average molecular weight is 342 g/mol. The van der Waals surface area contributed by atoms with E-state index in [1.807, 2.05) is 13.8 Å². The minimum absolute atomic E-state index is 0.0235. The maximum atomic E-state index is 12.0. The molecule has 0 spiro atoms. The predicted octanol–water partition coefficient (Wildman–Crippen LogP) is 1.46. The second-order valence-electron chi connectivity index (χ2n) is 5.47. The van der Waals surface area contributed by atoms with Gasteiger partial charge in [0.25, 0.3) is 0 Å². The fraction of sp³-hybridized carbons (Fsp3) is 0.562. The minimum atomic E-state index is -3.44. The van der Waals surface area contributed by atoms with Gasteiger partial charge in [0.05, 0.1) is 11.5 Å². The van der Waals surface area contributed by atoms with Gasteiger partial charge >= 0.3 is 0 Å². The summed E-state index contributed by atoms with van der Waals surface area (Å²) < 4.78 is 31.4. The molecule has 1 aromatic carbocycles. The molecule has 7 heteroatoms. The molecule has 0 saturated heterocycles. The minimum Gasteiger partial charge on any atom is -0.383 e. The van der Waals surface area contributed by atoms with Gasteiger partial charge in [-0.05, 0) is 37.5 Å². The molecule has 2 N–H and O–H groups in total. The maximum Gasteiger partial charge on any atom is 0.240 e. The fourth-order valence-corrected chi connectivity index (χ4v) is 3.19. The van der Waals surface area contributed by atoms with Crippen LogP contribution in [-0.4, -0.2) is 40.6 Å². The summed E-state index contributed by atoms with van der Waals surface area (Å²) >= 11 is 0. The molecular weight excluding hydrogens is 316 g/mol. The molecule has 0 unspecified atom stereocenters. The Morgan fingerprint density at radius 1 is 1.26 bits per heavy atom. The third kappa shape index (κ3) is 7.11. The molecule has 1 amide bonds. The van der Waals surface area contributed by atoms with Crippen molar-refractivity contribution in [1.82, 2.24) is 10.0 Å². The molecule has 130 valence electrons. The molecule has 0 fully saturated rings. The summed E-state index contributed by atoms with van der Waals surface area (Å²) in [6.07, 6.45) is 1.66. The highest BCUT2D eigenvalue weighted by Crippen LogP contribution is 2.12. The van der Waals surface area contributed by atoms with Crippen LogP contribution in [0.1, 0.15) is 32.3 Å². The summed E-state index contributed by atoms with van der Waals surface area (Å²) in [6, 6.07) is 6.60. The van der Waals surface area contributed by atoms with E-state index in [9.17, 15) is 13.2 Å². The third-order valence-corrected chi connectivity index (χ3v) is 4.72. The number of nitrogens with one attached hydrogen (secondary N) is 2. The van der Waals surface area contributed by atoms with Crippen LogP contribution in [-0.2, 0) is 26.0 Å². The van der Waals surface area contributed by atoms with Gasteiger partial charge in [0.15, 0.2) is 0 Å². The van der Waals surface area contributed by atoms with Crippen LogP contribution in [0.15, 0.2) is 29.2 Å². The second-order valence-corrected chi connectivity index (χ2v) is 7.23. The van der Waals surface area contributed by atoms with Gasteiger partial charge in [-0.15, -0.1) is 0 Å². The van der Waals surface area contributed by atoms with Crippen LogP contribution in [0.3, 0.4) is 0 Å².